The van der Waals surface area contributed by atoms with Gasteiger partial charge in [-0.1, -0.05) is 42.5 Å². The minimum atomic E-state index is -0.920. The molecule has 1 aliphatic rings. The van der Waals surface area contributed by atoms with Crippen molar-refractivity contribution in [3.63, 3.8) is 0 Å². The van der Waals surface area contributed by atoms with Gasteiger partial charge in [-0.25, -0.2) is 0 Å². The van der Waals surface area contributed by atoms with E-state index in [0.717, 1.165) is 35.9 Å². The Bertz CT molecular complexity index is 953. The molecule has 3 rings (SSSR count). The van der Waals surface area contributed by atoms with Gasteiger partial charge in [-0.2, -0.15) is 0 Å². The predicted octanol–water partition coefficient (Wildman–Crippen LogP) is 4.81. The Hall–Kier alpha value is -2.86. The number of ether oxygens (including phenoxy) is 1. The monoisotopic (exact) mass is 495 g/mol. The number of unbranched alkanes of at least 4 members (excludes halogenated alkanes) is 2. The summed E-state index contributed by atoms with van der Waals surface area (Å²) >= 11 is 0. The van der Waals surface area contributed by atoms with E-state index in [9.17, 15) is 14.7 Å². The third kappa shape index (κ3) is 9.30. The molecule has 0 saturated carbocycles. The van der Waals surface area contributed by atoms with Crippen molar-refractivity contribution in [2.24, 2.45) is 5.92 Å². The number of aryl methyl sites for hydroxylation is 2. The summed E-state index contributed by atoms with van der Waals surface area (Å²) in [6.07, 6.45) is 6.71. The molecule has 1 fully saturated rings. The largest absolute Gasteiger partial charge is 0.491 e. The highest BCUT2D eigenvalue weighted by atomic mass is 16.5. The van der Waals surface area contributed by atoms with Crippen LogP contribution in [0.25, 0.3) is 0 Å². The summed E-state index contributed by atoms with van der Waals surface area (Å²) in [7, 11) is 6.67. The number of quaternary nitrogens is 1. The molecule has 0 aromatic heterocycles. The summed E-state index contributed by atoms with van der Waals surface area (Å²) in [5.74, 6) is -0.631. The Labute approximate surface area is 216 Å². The number of aliphatic carboxylic acids is 1. The fourth-order valence-corrected chi connectivity index (χ4v) is 4.92. The van der Waals surface area contributed by atoms with Crippen molar-refractivity contribution in [1.29, 1.82) is 0 Å². The molecule has 2 atom stereocenters. The number of hydrogen-bond donors (Lipinski definition) is 1. The average Bonchev–Trinajstić information content (AvgIpc) is 3.12. The van der Waals surface area contributed by atoms with Gasteiger partial charge in [0.2, 0.25) is 5.91 Å². The molecule has 1 aliphatic heterocycles. The molecule has 1 amide bonds. The maximum atomic E-state index is 13.0. The average molecular weight is 496 g/mol. The third-order valence-electron chi connectivity index (χ3n) is 6.92. The van der Waals surface area contributed by atoms with Crippen LogP contribution < -0.4 is 4.74 Å². The van der Waals surface area contributed by atoms with E-state index in [1.165, 1.54) is 30.5 Å². The molecule has 1 N–H and O–H groups in total. The molecule has 2 aromatic rings. The number of carbonyl (C=O) groups excluding carboxylic acids is 1. The van der Waals surface area contributed by atoms with Gasteiger partial charge < -0.3 is 19.2 Å². The molecule has 0 unspecified atom stereocenters. The minimum Gasteiger partial charge on any atom is -0.491 e. The first kappa shape index (κ1) is 27.7. The van der Waals surface area contributed by atoms with Gasteiger partial charge in [-0.3, -0.25) is 9.59 Å². The molecular weight excluding hydrogens is 452 g/mol. The number of nitrogens with zero attached hydrogens (tertiary/aromatic N) is 2. The van der Waals surface area contributed by atoms with E-state index in [0.29, 0.717) is 19.6 Å². The first-order chi connectivity index (χ1) is 17.2. The smallest absolute Gasteiger partial charge is 0.304 e. The van der Waals surface area contributed by atoms with Crippen LogP contribution in [0.15, 0.2) is 54.6 Å². The van der Waals surface area contributed by atoms with Gasteiger partial charge in [0.1, 0.15) is 12.4 Å². The topological polar surface area (TPSA) is 66.8 Å². The summed E-state index contributed by atoms with van der Waals surface area (Å²) in [5.41, 5.74) is 2.60. The number of carboxylic acid groups (broad SMARTS) is 1. The lowest BCUT2D eigenvalue weighted by Gasteiger charge is -2.25. The van der Waals surface area contributed by atoms with Crippen LogP contribution in [-0.4, -0.2) is 73.2 Å². The second-order valence-electron chi connectivity index (χ2n) is 11.1. The van der Waals surface area contributed by atoms with Gasteiger partial charge >= 0.3 is 5.97 Å². The molecule has 6 nitrogen and oxygen atoms in total. The van der Waals surface area contributed by atoms with E-state index in [1.807, 2.05) is 35.2 Å². The quantitative estimate of drug-likeness (QED) is 0.284. The van der Waals surface area contributed by atoms with Gasteiger partial charge in [-0.05, 0) is 68.2 Å². The maximum absolute atomic E-state index is 13.0. The van der Waals surface area contributed by atoms with E-state index in [-0.39, 0.29) is 18.4 Å². The third-order valence-corrected chi connectivity index (χ3v) is 6.92. The van der Waals surface area contributed by atoms with Crippen LogP contribution in [0.5, 0.6) is 5.75 Å². The highest BCUT2D eigenvalue weighted by Crippen LogP contribution is 2.29. The molecule has 6 heteroatoms. The number of hydrogen-bond acceptors (Lipinski definition) is 3. The van der Waals surface area contributed by atoms with Crippen molar-refractivity contribution in [1.82, 2.24) is 4.90 Å². The number of carbonyl (C=O) groups is 2. The number of likely N-dealkylation sites (tertiary alicyclic amines) is 1. The lowest BCUT2D eigenvalue weighted by atomic mass is 10.0. The van der Waals surface area contributed by atoms with Crippen molar-refractivity contribution >= 4 is 11.9 Å². The van der Waals surface area contributed by atoms with E-state index in [1.54, 1.807) is 0 Å². The molecule has 1 saturated heterocycles. The maximum Gasteiger partial charge on any atom is 0.304 e. The van der Waals surface area contributed by atoms with Gasteiger partial charge in [-0.15, -0.1) is 0 Å². The standard InChI is InChI=1S/C30H42N2O4/c1-32(2,3)20-10-8-14-25-15-17-28(18-16-25)36-23-27-21-26(22-29(33)34)30(35)31(27)19-9-7-13-24-11-5-4-6-12-24/h4-6,11-12,15-18,26-27H,7-10,13-14,19-23H2,1-3H3/p+1/t26-,27-/m0/s1. The van der Waals surface area contributed by atoms with Crippen molar-refractivity contribution in [3.05, 3.63) is 65.7 Å². The van der Waals surface area contributed by atoms with Gasteiger partial charge in [0.25, 0.3) is 0 Å². The number of amides is 1. The number of rotatable bonds is 15. The fraction of sp³-hybridized carbons (Fsp3) is 0.533. The van der Waals surface area contributed by atoms with Crippen LogP contribution in [0.1, 0.15) is 49.7 Å². The predicted molar refractivity (Wildman–Crippen MR) is 143 cm³/mol. The van der Waals surface area contributed by atoms with E-state index in [4.69, 9.17) is 4.74 Å². The SMILES string of the molecule is C[N+](C)(C)CCCCc1ccc(OC[C@@H]2C[C@@H](CC(=O)O)C(=O)N2CCCCc2ccccc2)cc1. The van der Waals surface area contributed by atoms with Crippen LogP contribution in [-0.2, 0) is 22.4 Å². The number of benzene rings is 2. The summed E-state index contributed by atoms with van der Waals surface area (Å²) in [5, 5.41) is 9.25. The lowest BCUT2D eigenvalue weighted by Crippen LogP contribution is -2.38. The molecule has 0 radical (unpaired) electrons. The summed E-state index contributed by atoms with van der Waals surface area (Å²) in [6, 6.07) is 18.5. The first-order valence-electron chi connectivity index (χ1n) is 13.3. The van der Waals surface area contributed by atoms with Crippen LogP contribution in [0.4, 0.5) is 0 Å². The summed E-state index contributed by atoms with van der Waals surface area (Å²) in [6.45, 7) is 2.21. The van der Waals surface area contributed by atoms with Crippen molar-refractivity contribution in [2.45, 2.75) is 57.4 Å². The zero-order valence-corrected chi connectivity index (χ0v) is 22.2. The van der Waals surface area contributed by atoms with Crippen molar-refractivity contribution < 1.29 is 23.9 Å². The minimum absolute atomic E-state index is 0.0464. The van der Waals surface area contributed by atoms with E-state index in [2.05, 4.69) is 45.4 Å². The molecular formula is C30H43N2O4+. The Morgan fingerprint density at radius 1 is 0.944 bits per heavy atom. The molecule has 0 bridgehead atoms. The Morgan fingerprint density at radius 3 is 2.22 bits per heavy atom. The van der Waals surface area contributed by atoms with Crippen molar-refractivity contribution in [2.75, 3.05) is 40.8 Å². The van der Waals surface area contributed by atoms with Crippen LogP contribution >= 0.6 is 0 Å². The molecule has 2 aromatic carbocycles. The first-order valence-corrected chi connectivity index (χ1v) is 13.3. The summed E-state index contributed by atoms with van der Waals surface area (Å²) in [4.78, 5) is 26.1. The van der Waals surface area contributed by atoms with Gasteiger partial charge in [0.15, 0.2) is 0 Å². The van der Waals surface area contributed by atoms with Crippen LogP contribution in [0.3, 0.4) is 0 Å². The molecule has 0 aliphatic carbocycles. The van der Waals surface area contributed by atoms with Crippen molar-refractivity contribution in [3.8, 4) is 5.75 Å². The fourth-order valence-electron chi connectivity index (χ4n) is 4.92. The zero-order valence-electron chi connectivity index (χ0n) is 22.2. The molecule has 1 heterocycles. The van der Waals surface area contributed by atoms with Gasteiger partial charge in [0, 0.05) is 6.54 Å². The van der Waals surface area contributed by atoms with Gasteiger partial charge in [0.05, 0.1) is 46.1 Å². The lowest BCUT2D eigenvalue weighted by molar-refractivity contribution is -0.870. The normalized spacial score (nSPS) is 18.0. The number of carboxylic acids is 1. The van der Waals surface area contributed by atoms with Crippen LogP contribution in [0.2, 0.25) is 0 Å². The zero-order chi connectivity index (χ0) is 26.0. The highest BCUT2D eigenvalue weighted by molar-refractivity contribution is 5.85. The Morgan fingerprint density at radius 2 is 1.58 bits per heavy atom. The van der Waals surface area contributed by atoms with E-state index >= 15 is 0 Å². The molecule has 196 valence electrons. The second-order valence-corrected chi connectivity index (χ2v) is 11.1. The van der Waals surface area contributed by atoms with Crippen LogP contribution in [0, 0.1) is 5.92 Å². The molecule has 36 heavy (non-hydrogen) atoms. The highest BCUT2D eigenvalue weighted by Gasteiger charge is 2.40. The van der Waals surface area contributed by atoms with E-state index < -0.39 is 11.9 Å². The Kier molecular flexibility index (Phi) is 10.4. The second kappa shape index (κ2) is 13.4. The Balaban J connectivity index is 1.49. The molecule has 0 spiro atoms. The summed E-state index contributed by atoms with van der Waals surface area (Å²) < 4.78 is 7.07.